The van der Waals surface area contributed by atoms with Gasteiger partial charge in [-0.2, -0.15) is 9.40 Å². The number of aliphatic hydroxyl groups is 1. The summed E-state index contributed by atoms with van der Waals surface area (Å²) < 4.78 is 28.6. The average Bonchev–Trinajstić information content (AvgIpc) is 3.08. The number of nitrogens with zero attached hydrogens (tertiary/aromatic N) is 3. The standard InChI is InChI=1S/C19H22N4O3S/c24-13-17(15-8-4-9-15)23(12-14-6-2-1-3-7-14)27(25,26)19-16-10-5-11-20-18(16)21-22-19/h1-3,5-7,10-11,15,17,24H,4,8-9,12-13H2,(H,20,21,22). The summed E-state index contributed by atoms with van der Waals surface area (Å²) in [6, 6.07) is 12.4. The highest BCUT2D eigenvalue weighted by Gasteiger charge is 2.39. The number of benzene rings is 1. The van der Waals surface area contributed by atoms with E-state index >= 15 is 0 Å². The number of hydrogen-bond acceptors (Lipinski definition) is 5. The van der Waals surface area contributed by atoms with Crippen molar-refractivity contribution in [3.05, 3.63) is 54.2 Å². The number of sulfonamides is 1. The maximum atomic E-state index is 13.6. The highest BCUT2D eigenvalue weighted by atomic mass is 32.2. The molecule has 142 valence electrons. The molecule has 1 unspecified atom stereocenters. The molecule has 0 saturated heterocycles. The van der Waals surface area contributed by atoms with Crippen LogP contribution in [0.25, 0.3) is 11.0 Å². The van der Waals surface area contributed by atoms with E-state index in [1.54, 1.807) is 18.3 Å². The number of fused-ring (bicyclic) bond motifs is 1. The molecule has 0 radical (unpaired) electrons. The van der Waals surface area contributed by atoms with E-state index in [1.807, 2.05) is 30.3 Å². The van der Waals surface area contributed by atoms with E-state index in [9.17, 15) is 13.5 Å². The Morgan fingerprint density at radius 3 is 2.63 bits per heavy atom. The monoisotopic (exact) mass is 386 g/mol. The quantitative estimate of drug-likeness (QED) is 0.649. The molecule has 27 heavy (non-hydrogen) atoms. The van der Waals surface area contributed by atoms with Crippen LogP contribution in [0.1, 0.15) is 24.8 Å². The zero-order valence-electron chi connectivity index (χ0n) is 14.8. The summed E-state index contributed by atoms with van der Waals surface area (Å²) in [5.41, 5.74) is 1.24. The van der Waals surface area contributed by atoms with E-state index in [2.05, 4.69) is 15.2 Å². The molecule has 7 nitrogen and oxygen atoms in total. The van der Waals surface area contributed by atoms with Gasteiger partial charge in [0.25, 0.3) is 10.0 Å². The fourth-order valence-electron chi connectivity index (χ4n) is 3.58. The highest BCUT2D eigenvalue weighted by Crippen LogP contribution is 2.35. The predicted octanol–water partition coefficient (Wildman–Crippen LogP) is 2.31. The van der Waals surface area contributed by atoms with Crippen LogP contribution in [0.2, 0.25) is 0 Å². The molecule has 0 spiro atoms. The summed E-state index contributed by atoms with van der Waals surface area (Å²) in [7, 11) is -3.90. The van der Waals surface area contributed by atoms with Gasteiger partial charge in [-0.1, -0.05) is 36.8 Å². The molecule has 1 saturated carbocycles. The third-order valence-corrected chi connectivity index (χ3v) is 7.14. The minimum atomic E-state index is -3.90. The molecule has 2 aromatic heterocycles. The number of nitrogens with one attached hydrogen (secondary N) is 1. The number of rotatable bonds is 7. The van der Waals surface area contributed by atoms with E-state index in [-0.39, 0.29) is 24.1 Å². The average molecular weight is 386 g/mol. The summed E-state index contributed by atoms with van der Waals surface area (Å²) in [4.78, 5) is 4.11. The van der Waals surface area contributed by atoms with Gasteiger partial charge in [-0.3, -0.25) is 5.10 Å². The van der Waals surface area contributed by atoms with Crippen LogP contribution in [0.15, 0.2) is 53.7 Å². The Hall–Kier alpha value is -2.29. The van der Waals surface area contributed by atoms with Crippen LogP contribution in [0.3, 0.4) is 0 Å². The van der Waals surface area contributed by atoms with Crippen LogP contribution in [0.5, 0.6) is 0 Å². The molecule has 2 N–H and O–H groups in total. The van der Waals surface area contributed by atoms with Crippen LogP contribution in [0.4, 0.5) is 0 Å². The van der Waals surface area contributed by atoms with Crippen molar-refractivity contribution in [2.24, 2.45) is 5.92 Å². The molecule has 1 aliphatic rings. The number of aliphatic hydroxyl groups excluding tert-OH is 1. The van der Waals surface area contributed by atoms with Gasteiger partial charge in [-0.25, -0.2) is 13.4 Å². The van der Waals surface area contributed by atoms with Gasteiger partial charge in [0.1, 0.15) is 0 Å². The first-order valence-electron chi connectivity index (χ1n) is 9.07. The smallest absolute Gasteiger partial charge is 0.261 e. The summed E-state index contributed by atoms with van der Waals surface area (Å²) in [5, 5.41) is 17.2. The lowest BCUT2D eigenvalue weighted by molar-refractivity contribution is 0.0941. The van der Waals surface area contributed by atoms with E-state index < -0.39 is 16.1 Å². The maximum absolute atomic E-state index is 13.6. The number of pyridine rings is 1. The van der Waals surface area contributed by atoms with Crippen molar-refractivity contribution in [1.82, 2.24) is 19.5 Å². The predicted molar refractivity (Wildman–Crippen MR) is 101 cm³/mol. The second-order valence-corrected chi connectivity index (χ2v) is 8.73. The van der Waals surface area contributed by atoms with Gasteiger partial charge in [0.2, 0.25) is 0 Å². The highest BCUT2D eigenvalue weighted by molar-refractivity contribution is 7.89. The lowest BCUT2D eigenvalue weighted by atomic mass is 9.80. The molecule has 0 aliphatic heterocycles. The van der Waals surface area contributed by atoms with Gasteiger partial charge in [-0.15, -0.1) is 0 Å². The Kier molecular flexibility index (Phi) is 4.94. The molecule has 8 heteroatoms. The first-order valence-corrected chi connectivity index (χ1v) is 10.5. The van der Waals surface area contributed by atoms with Crippen molar-refractivity contribution in [2.75, 3.05) is 6.61 Å². The molecule has 0 amide bonds. The largest absolute Gasteiger partial charge is 0.395 e. The van der Waals surface area contributed by atoms with Crippen LogP contribution < -0.4 is 0 Å². The lowest BCUT2D eigenvalue weighted by Gasteiger charge is -2.39. The Morgan fingerprint density at radius 2 is 1.96 bits per heavy atom. The topological polar surface area (TPSA) is 99.2 Å². The summed E-state index contributed by atoms with van der Waals surface area (Å²) >= 11 is 0. The lowest BCUT2D eigenvalue weighted by Crippen LogP contribution is -2.48. The Bertz CT molecular complexity index is 1020. The van der Waals surface area contributed by atoms with E-state index in [0.29, 0.717) is 11.0 Å². The van der Waals surface area contributed by atoms with Gasteiger partial charge in [0.05, 0.1) is 18.0 Å². The van der Waals surface area contributed by atoms with Crippen LogP contribution in [-0.4, -0.2) is 45.7 Å². The fraction of sp³-hybridized carbons (Fsp3) is 0.368. The SMILES string of the molecule is O=S(=O)(c1[nH]nc2ncccc12)N(Cc1ccccc1)C(CO)C1CCC1. The molecule has 4 rings (SSSR count). The van der Waals surface area contributed by atoms with Gasteiger partial charge in [0, 0.05) is 12.7 Å². The van der Waals surface area contributed by atoms with Crippen LogP contribution in [0, 0.1) is 5.92 Å². The van der Waals surface area contributed by atoms with Crippen molar-refractivity contribution >= 4 is 21.1 Å². The van der Waals surface area contributed by atoms with Gasteiger partial charge < -0.3 is 5.11 Å². The Balaban J connectivity index is 1.78. The van der Waals surface area contributed by atoms with Crippen molar-refractivity contribution < 1.29 is 13.5 Å². The number of aromatic nitrogens is 3. The normalized spacial score (nSPS) is 16.5. The molecule has 3 aromatic rings. The molecular formula is C19H22N4O3S. The summed E-state index contributed by atoms with van der Waals surface area (Å²) in [5.74, 6) is 0.167. The van der Waals surface area contributed by atoms with Crippen molar-refractivity contribution in [2.45, 2.75) is 36.9 Å². The zero-order valence-corrected chi connectivity index (χ0v) is 15.6. The van der Waals surface area contributed by atoms with Crippen molar-refractivity contribution in [1.29, 1.82) is 0 Å². The number of H-pyrrole nitrogens is 1. The minimum absolute atomic E-state index is 0.0271. The molecular weight excluding hydrogens is 364 g/mol. The minimum Gasteiger partial charge on any atom is -0.395 e. The first-order chi connectivity index (χ1) is 13.1. The molecule has 2 heterocycles. The second-order valence-electron chi connectivity index (χ2n) is 6.90. The van der Waals surface area contributed by atoms with E-state index in [0.717, 1.165) is 24.8 Å². The summed E-state index contributed by atoms with van der Waals surface area (Å²) in [6.07, 6.45) is 4.50. The second kappa shape index (κ2) is 7.38. The van der Waals surface area contributed by atoms with E-state index in [4.69, 9.17) is 0 Å². The Labute approximate surface area is 158 Å². The fourth-order valence-corrected chi connectivity index (χ4v) is 5.33. The molecule has 0 bridgehead atoms. The molecule has 1 aliphatic carbocycles. The third kappa shape index (κ3) is 3.36. The Morgan fingerprint density at radius 1 is 1.19 bits per heavy atom. The summed E-state index contributed by atoms with van der Waals surface area (Å²) in [6.45, 7) is -0.00722. The van der Waals surface area contributed by atoms with Gasteiger partial charge in [0.15, 0.2) is 10.7 Å². The van der Waals surface area contributed by atoms with Gasteiger partial charge >= 0.3 is 0 Å². The van der Waals surface area contributed by atoms with Crippen LogP contribution in [-0.2, 0) is 16.6 Å². The van der Waals surface area contributed by atoms with Gasteiger partial charge in [-0.05, 0) is 36.5 Å². The zero-order chi connectivity index (χ0) is 18.9. The van der Waals surface area contributed by atoms with Crippen molar-refractivity contribution in [3.8, 4) is 0 Å². The third-order valence-electron chi connectivity index (χ3n) is 5.29. The number of aromatic amines is 1. The van der Waals surface area contributed by atoms with E-state index in [1.165, 1.54) is 4.31 Å². The molecule has 1 fully saturated rings. The molecule has 1 atom stereocenters. The van der Waals surface area contributed by atoms with Crippen molar-refractivity contribution in [3.63, 3.8) is 0 Å². The first kappa shape index (κ1) is 18.1. The van der Waals surface area contributed by atoms with Crippen LogP contribution >= 0.6 is 0 Å². The molecule has 1 aromatic carbocycles. The maximum Gasteiger partial charge on any atom is 0.261 e. The number of hydrogen-bond donors (Lipinski definition) is 2.